The van der Waals surface area contributed by atoms with Gasteiger partial charge in [0.15, 0.2) is 0 Å². The Balaban J connectivity index is 1.43. The highest BCUT2D eigenvalue weighted by atomic mass is 32.2. The number of fused-ring (bicyclic) bond motifs is 1. The molecule has 1 fully saturated rings. The lowest BCUT2D eigenvalue weighted by molar-refractivity contribution is -0.122. The summed E-state index contributed by atoms with van der Waals surface area (Å²) in [7, 11) is -3.13. The van der Waals surface area contributed by atoms with Crippen molar-refractivity contribution in [2.45, 2.75) is 25.9 Å². The molecular formula is C17H25N3O3S. The minimum absolute atomic E-state index is 0.0132. The molecule has 24 heavy (non-hydrogen) atoms. The van der Waals surface area contributed by atoms with Crippen LogP contribution in [0.1, 0.15) is 24.0 Å². The second-order valence-electron chi connectivity index (χ2n) is 6.85. The van der Waals surface area contributed by atoms with Gasteiger partial charge in [-0.3, -0.25) is 9.69 Å². The smallest absolute Gasteiger partial charge is 0.234 e. The van der Waals surface area contributed by atoms with Gasteiger partial charge in [-0.05, 0) is 29.9 Å². The van der Waals surface area contributed by atoms with E-state index in [2.05, 4.69) is 22.3 Å². The number of nitrogens with one attached hydrogen (secondary N) is 1. The molecule has 0 unspecified atom stereocenters. The van der Waals surface area contributed by atoms with Crippen LogP contribution in [0.4, 0.5) is 0 Å². The molecule has 0 bridgehead atoms. The van der Waals surface area contributed by atoms with Gasteiger partial charge in [0.2, 0.25) is 15.9 Å². The Morgan fingerprint density at radius 3 is 2.54 bits per heavy atom. The average molecular weight is 351 g/mol. The number of nitrogens with zero attached hydrogens (tertiary/aromatic N) is 2. The molecule has 1 amide bonds. The number of sulfonamides is 1. The molecule has 0 radical (unpaired) electrons. The normalized spacial score (nSPS) is 22.3. The molecule has 2 heterocycles. The minimum atomic E-state index is -3.13. The summed E-state index contributed by atoms with van der Waals surface area (Å²) in [6.45, 7) is 3.66. The molecule has 1 saturated heterocycles. The highest BCUT2D eigenvalue weighted by Crippen LogP contribution is 2.21. The van der Waals surface area contributed by atoms with Crippen LogP contribution in [0.15, 0.2) is 24.3 Å². The van der Waals surface area contributed by atoms with Crippen molar-refractivity contribution in [3.8, 4) is 0 Å². The standard InChI is InChI=1S/C17H25N3O3S/c1-24(22,23)20-8-4-5-14(10-20)9-18-17(21)13-19-11-15-6-2-3-7-16(15)12-19/h2-3,6-7,14H,4-5,8-13H2,1H3,(H,18,21)/t14-/m1/s1. The van der Waals surface area contributed by atoms with E-state index in [0.717, 1.165) is 25.9 Å². The quantitative estimate of drug-likeness (QED) is 0.852. The maximum absolute atomic E-state index is 12.2. The first-order valence-corrected chi connectivity index (χ1v) is 10.3. The number of piperidine rings is 1. The van der Waals surface area contributed by atoms with Crippen LogP contribution in [0.5, 0.6) is 0 Å². The summed E-state index contributed by atoms with van der Waals surface area (Å²) < 4.78 is 24.8. The largest absolute Gasteiger partial charge is 0.355 e. The maximum Gasteiger partial charge on any atom is 0.234 e. The third kappa shape index (κ3) is 4.34. The Morgan fingerprint density at radius 2 is 1.92 bits per heavy atom. The van der Waals surface area contributed by atoms with Gasteiger partial charge >= 0.3 is 0 Å². The molecule has 0 saturated carbocycles. The molecule has 132 valence electrons. The molecule has 2 aliphatic heterocycles. The van der Waals surface area contributed by atoms with E-state index in [4.69, 9.17) is 0 Å². The number of amides is 1. The van der Waals surface area contributed by atoms with Gasteiger partial charge in [0.1, 0.15) is 0 Å². The fourth-order valence-corrected chi connectivity index (χ4v) is 4.47. The van der Waals surface area contributed by atoms with Crippen molar-refractivity contribution in [1.29, 1.82) is 0 Å². The zero-order valence-corrected chi connectivity index (χ0v) is 14.9. The number of carbonyl (C=O) groups excluding carboxylic acids is 1. The van der Waals surface area contributed by atoms with Gasteiger partial charge in [0, 0.05) is 32.7 Å². The third-order valence-electron chi connectivity index (χ3n) is 4.81. The van der Waals surface area contributed by atoms with Crippen molar-refractivity contribution in [3.05, 3.63) is 35.4 Å². The first-order chi connectivity index (χ1) is 11.4. The summed E-state index contributed by atoms with van der Waals surface area (Å²) in [5.41, 5.74) is 2.59. The average Bonchev–Trinajstić information content (AvgIpc) is 2.94. The molecule has 3 rings (SSSR count). The van der Waals surface area contributed by atoms with E-state index in [1.54, 1.807) is 0 Å². The molecule has 1 N–H and O–H groups in total. The van der Waals surface area contributed by atoms with Crippen molar-refractivity contribution in [2.75, 3.05) is 32.4 Å². The fourth-order valence-electron chi connectivity index (χ4n) is 3.53. The Bertz CT molecular complexity index is 680. The van der Waals surface area contributed by atoms with Crippen LogP contribution in [0.2, 0.25) is 0 Å². The lowest BCUT2D eigenvalue weighted by Crippen LogP contribution is -2.44. The summed E-state index contributed by atoms with van der Waals surface area (Å²) >= 11 is 0. The van der Waals surface area contributed by atoms with Gasteiger partial charge in [-0.15, -0.1) is 0 Å². The molecular weight excluding hydrogens is 326 g/mol. The van der Waals surface area contributed by atoms with Crippen molar-refractivity contribution in [2.24, 2.45) is 5.92 Å². The summed E-state index contributed by atoms with van der Waals surface area (Å²) in [5.74, 6) is 0.215. The Kier molecular flexibility index (Phi) is 5.22. The minimum Gasteiger partial charge on any atom is -0.355 e. The second kappa shape index (κ2) is 7.21. The van der Waals surface area contributed by atoms with Gasteiger partial charge in [-0.2, -0.15) is 0 Å². The Labute approximate surface area is 143 Å². The van der Waals surface area contributed by atoms with Gasteiger partial charge in [-0.25, -0.2) is 12.7 Å². The molecule has 7 heteroatoms. The molecule has 6 nitrogen and oxygen atoms in total. The monoisotopic (exact) mass is 351 g/mol. The maximum atomic E-state index is 12.2. The predicted molar refractivity (Wildman–Crippen MR) is 92.7 cm³/mol. The van der Waals surface area contributed by atoms with Crippen LogP contribution in [0.3, 0.4) is 0 Å². The van der Waals surface area contributed by atoms with Crippen LogP contribution in [0.25, 0.3) is 0 Å². The number of carbonyl (C=O) groups is 1. The first-order valence-electron chi connectivity index (χ1n) is 8.43. The molecule has 1 atom stereocenters. The SMILES string of the molecule is CS(=O)(=O)N1CCC[C@H](CNC(=O)CN2Cc3ccccc3C2)C1. The second-order valence-corrected chi connectivity index (χ2v) is 8.83. The lowest BCUT2D eigenvalue weighted by atomic mass is 10.00. The van der Waals surface area contributed by atoms with Gasteiger partial charge < -0.3 is 5.32 Å². The zero-order chi connectivity index (χ0) is 17.2. The van der Waals surface area contributed by atoms with Crippen LogP contribution in [-0.2, 0) is 27.9 Å². The van der Waals surface area contributed by atoms with Gasteiger partial charge in [-0.1, -0.05) is 24.3 Å². The molecule has 0 aromatic heterocycles. The highest BCUT2D eigenvalue weighted by Gasteiger charge is 2.26. The summed E-state index contributed by atoms with van der Waals surface area (Å²) in [6, 6.07) is 8.27. The number of rotatable bonds is 5. The molecule has 0 aliphatic carbocycles. The first kappa shape index (κ1) is 17.4. The van der Waals surface area contributed by atoms with Crippen LogP contribution in [0, 0.1) is 5.92 Å². The number of benzene rings is 1. The zero-order valence-electron chi connectivity index (χ0n) is 14.1. The van der Waals surface area contributed by atoms with Crippen LogP contribution in [-0.4, -0.2) is 56.0 Å². The summed E-state index contributed by atoms with van der Waals surface area (Å²) in [4.78, 5) is 14.3. The molecule has 0 spiro atoms. The molecule has 2 aliphatic rings. The van der Waals surface area contributed by atoms with Crippen LogP contribution < -0.4 is 5.32 Å². The van der Waals surface area contributed by atoms with Crippen LogP contribution >= 0.6 is 0 Å². The summed E-state index contributed by atoms with van der Waals surface area (Å²) in [6.07, 6.45) is 3.06. The topological polar surface area (TPSA) is 69.7 Å². The fraction of sp³-hybridized carbons (Fsp3) is 0.588. The van der Waals surface area contributed by atoms with Crippen molar-refractivity contribution >= 4 is 15.9 Å². The summed E-state index contributed by atoms with van der Waals surface area (Å²) in [5, 5.41) is 2.98. The van der Waals surface area contributed by atoms with E-state index in [0.29, 0.717) is 26.2 Å². The highest BCUT2D eigenvalue weighted by molar-refractivity contribution is 7.88. The van der Waals surface area contributed by atoms with Crippen molar-refractivity contribution in [3.63, 3.8) is 0 Å². The van der Waals surface area contributed by atoms with Crippen molar-refractivity contribution < 1.29 is 13.2 Å². The molecule has 1 aromatic rings. The number of hydrogen-bond acceptors (Lipinski definition) is 4. The van der Waals surface area contributed by atoms with Gasteiger partial charge in [0.25, 0.3) is 0 Å². The predicted octanol–water partition coefficient (Wildman–Crippen LogP) is 0.790. The van der Waals surface area contributed by atoms with Gasteiger partial charge in [0.05, 0.1) is 12.8 Å². The molecule has 1 aromatic carbocycles. The van der Waals surface area contributed by atoms with Crippen molar-refractivity contribution in [1.82, 2.24) is 14.5 Å². The lowest BCUT2D eigenvalue weighted by Gasteiger charge is -2.31. The van der Waals surface area contributed by atoms with E-state index in [9.17, 15) is 13.2 Å². The van der Waals surface area contributed by atoms with E-state index in [1.807, 2.05) is 12.1 Å². The van der Waals surface area contributed by atoms with E-state index in [-0.39, 0.29) is 11.8 Å². The third-order valence-corrected chi connectivity index (χ3v) is 6.08. The van der Waals surface area contributed by atoms with E-state index >= 15 is 0 Å². The van der Waals surface area contributed by atoms with E-state index in [1.165, 1.54) is 21.7 Å². The van der Waals surface area contributed by atoms with E-state index < -0.39 is 10.0 Å². The number of hydrogen-bond donors (Lipinski definition) is 1. The Morgan fingerprint density at radius 1 is 1.25 bits per heavy atom. The Hall–Kier alpha value is -1.44.